The van der Waals surface area contributed by atoms with E-state index in [2.05, 4.69) is 10.6 Å². The molecule has 0 unspecified atom stereocenters. The number of amides is 2. The van der Waals surface area contributed by atoms with E-state index in [4.69, 9.17) is 23.2 Å². The first kappa shape index (κ1) is 15.5. The Balaban J connectivity index is 1.56. The molecule has 0 spiro atoms. The number of hydrogen-bond donors (Lipinski definition) is 2. The van der Waals surface area contributed by atoms with E-state index in [0.29, 0.717) is 22.9 Å². The number of carbonyl (C=O) groups excluding carboxylic acids is 2. The van der Waals surface area contributed by atoms with Crippen LogP contribution in [0.4, 0.5) is 11.4 Å². The third kappa shape index (κ3) is 2.76. The molecule has 122 valence electrons. The van der Waals surface area contributed by atoms with E-state index in [9.17, 15) is 9.59 Å². The van der Waals surface area contributed by atoms with Gasteiger partial charge in [-0.05, 0) is 47.2 Å². The van der Waals surface area contributed by atoms with Crippen LogP contribution < -0.4 is 10.6 Å². The van der Waals surface area contributed by atoms with Crippen LogP contribution in [0.15, 0.2) is 24.3 Å². The molecule has 0 aromatic heterocycles. The number of halogens is 2. The molecule has 2 aliphatic rings. The van der Waals surface area contributed by atoms with Crippen LogP contribution in [-0.2, 0) is 35.3 Å². The fraction of sp³-hybridized carbons (Fsp3) is 0.222. The molecule has 4 nitrogen and oxygen atoms in total. The SMILES string of the molecule is O=C1Cc2cc(CCc3cc4c(cc3Cl)NC(=O)C4)c(Cl)cc2N1. The average Bonchev–Trinajstić information content (AvgIpc) is 3.04. The molecule has 2 heterocycles. The third-order valence-electron chi connectivity index (χ3n) is 4.46. The van der Waals surface area contributed by atoms with Gasteiger partial charge in [0.2, 0.25) is 11.8 Å². The summed E-state index contributed by atoms with van der Waals surface area (Å²) in [6.45, 7) is 0. The lowest BCUT2D eigenvalue weighted by molar-refractivity contribution is -0.115. The highest BCUT2D eigenvalue weighted by Gasteiger charge is 2.21. The molecule has 4 rings (SSSR count). The van der Waals surface area contributed by atoms with E-state index >= 15 is 0 Å². The number of anilines is 2. The van der Waals surface area contributed by atoms with Crippen molar-refractivity contribution in [3.05, 3.63) is 56.6 Å². The monoisotopic (exact) mass is 360 g/mol. The van der Waals surface area contributed by atoms with Crippen molar-refractivity contribution in [3.8, 4) is 0 Å². The van der Waals surface area contributed by atoms with Gasteiger partial charge >= 0.3 is 0 Å². The molecule has 0 fully saturated rings. The highest BCUT2D eigenvalue weighted by molar-refractivity contribution is 6.32. The molecule has 0 bridgehead atoms. The molecule has 2 amide bonds. The average molecular weight is 361 g/mol. The van der Waals surface area contributed by atoms with Gasteiger partial charge in [0.05, 0.1) is 12.8 Å². The van der Waals surface area contributed by atoms with Crippen LogP contribution in [0.3, 0.4) is 0 Å². The Morgan fingerprint density at radius 2 is 1.17 bits per heavy atom. The fourth-order valence-electron chi connectivity index (χ4n) is 3.25. The van der Waals surface area contributed by atoms with Crippen LogP contribution in [0.2, 0.25) is 10.0 Å². The van der Waals surface area contributed by atoms with Crippen molar-refractivity contribution in [2.75, 3.05) is 10.6 Å². The first-order valence-corrected chi connectivity index (χ1v) is 8.47. The minimum Gasteiger partial charge on any atom is -0.325 e. The van der Waals surface area contributed by atoms with Crippen LogP contribution in [-0.4, -0.2) is 11.8 Å². The van der Waals surface area contributed by atoms with Gasteiger partial charge in [-0.3, -0.25) is 9.59 Å². The van der Waals surface area contributed by atoms with Gasteiger partial charge in [0.25, 0.3) is 0 Å². The molecule has 2 aromatic rings. The standard InChI is InChI=1S/C18H14Cl2N2O2/c19-13-7-15-11(5-17(23)21-15)3-9(13)1-2-10-4-12-6-18(24)22-16(12)8-14(10)20/h3-4,7-8H,1-2,5-6H2,(H,21,23)(H,22,24). The lowest BCUT2D eigenvalue weighted by atomic mass is 9.99. The Kier molecular flexibility index (Phi) is 3.74. The Labute approximate surface area is 149 Å². The Morgan fingerprint density at radius 3 is 1.58 bits per heavy atom. The summed E-state index contributed by atoms with van der Waals surface area (Å²) in [6, 6.07) is 7.60. The van der Waals surface area contributed by atoms with Gasteiger partial charge in [0.15, 0.2) is 0 Å². The summed E-state index contributed by atoms with van der Waals surface area (Å²) >= 11 is 12.7. The Hall–Kier alpha value is -2.04. The minimum absolute atomic E-state index is 0.00273. The van der Waals surface area contributed by atoms with Gasteiger partial charge in [-0.1, -0.05) is 35.3 Å². The van der Waals surface area contributed by atoms with Gasteiger partial charge in [-0.15, -0.1) is 0 Å². The maximum atomic E-state index is 11.5. The second-order valence-electron chi connectivity index (χ2n) is 6.15. The lowest BCUT2D eigenvalue weighted by Crippen LogP contribution is -2.03. The predicted molar refractivity (Wildman–Crippen MR) is 95.0 cm³/mol. The van der Waals surface area contributed by atoms with Crippen molar-refractivity contribution in [3.63, 3.8) is 0 Å². The van der Waals surface area contributed by atoms with Crippen molar-refractivity contribution >= 4 is 46.4 Å². The van der Waals surface area contributed by atoms with Crippen molar-refractivity contribution < 1.29 is 9.59 Å². The molecule has 0 saturated carbocycles. The minimum atomic E-state index is -0.00273. The van der Waals surface area contributed by atoms with Gasteiger partial charge in [-0.2, -0.15) is 0 Å². The number of carbonyl (C=O) groups is 2. The molecular formula is C18H14Cl2N2O2. The maximum absolute atomic E-state index is 11.5. The predicted octanol–water partition coefficient (Wildman–Crippen LogP) is 3.77. The summed E-state index contributed by atoms with van der Waals surface area (Å²) in [5, 5.41) is 6.88. The number of nitrogens with one attached hydrogen (secondary N) is 2. The van der Waals surface area contributed by atoms with E-state index in [1.807, 2.05) is 24.3 Å². The van der Waals surface area contributed by atoms with E-state index in [-0.39, 0.29) is 11.8 Å². The summed E-state index contributed by atoms with van der Waals surface area (Å²) in [7, 11) is 0. The van der Waals surface area contributed by atoms with Gasteiger partial charge in [0.1, 0.15) is 0 Å². The van der Waals surface area contributed by atoms with Gasteiger partial charge in [-0.25, -0.2) is 0 Å². The van der Waals surface area contributed by atoms with Crippen LogP contribution in [0.5, 0.6) is 0 Å². The van der Waals surface area contributed by atoms with Crippen LogP contribution >= 0.6 is 23.2 Å². The molecule has 2 aromatic carbocycles. The zero-order chi connectivity index (χ0) is 16.8. The quantitative estimate of drug-likeness (QED) is 0.875. The number of rotatable bonds is 3. The number of aryl methyl sites for hydroxylation is 2. The zero-order valence-corrected chi connectivity index (χ0v) is 14.2. The summed E-state index contributed by atoms with van der Waals surface area (Å²) < 4.78 is 0. The fourth-order valence-corrected chi connectivity index (χ4v) is 3.77. The lowest BCUT2D eigenvalue weighted by Gasteiger charge is -2.10. The van der Waals surface area contributed by atoms with Crippen molar-refractivity contribution in [2.24, 2.45) is 0 Å². The Morgan fingerprint density at radius 1 is 0.750 bits per heavy atom. The zero-order valence-electron chi connectivity index (χ0n) is 12.7. The molecule has 0 radical (unpaired) electrons. The summed E-state index contributed by atoms with van der Waals surface area (Å²) in [4.78, 5) is 23.0. The second-order valence-corrected chi connectivity index (χ2v) is 6.97. The topological polar surface area (TPSA) is 58.2 Å². The summed E-state index contributed by atoms with van der Waals surface area (Å²) in [6.07, 6.45) is 2.24. The van der Waals surface area contributed by atoms with E-state index in [1.54, 1.807) is 0 Å². The first-order valence-electron chi connectivity index (χ1n) is 7.72. The molecule has 2 N–H and O–H groups in total. The molecule has 0 saturated heterocycles. The molecular weight excluding hydrogens is 347 g/mol. The van der Waals surface area contributed by atoms with Crippen LogP contribution in [0, 0.1) is 0 Å². The van der Waals surface area contributed by atoms with Crippen LogP contribution in [0.1, 0.15) is 22.3 Å². The van der Waals surface area contributed by atoms with Gasteiger partial charge in [0, 0.05) is 21.4 Å². The van der Waals surface area contributed by atoms with E-state index in [0.717, 1.165) is 46.5 Å². The third-order valence-corrected chi connectivity index (χ3v) is 5.16. The van der Waals surface area contributed by atoms with Crippen molar-refractivity contribution in [1.29, 1.82) is 0 Å². The summed E-state index contributed by atoms with van der Waals surface area (Å²) in [5.74, 6) is -0.00546. The molecule has 0 atom stereocenters. The molecule has 6 heteroatoms. The van der Waals surface area contributed by atoms with Crippen molar-refractivity contribution in [2.45, 2.75) is 25.7 Å². The van der Waals surface area contributed by atoms with Crippen LogP contribution in [0.25, 0.3) is 0 Å². The molecule has 2 aliphatic heterocycles. The molecule has 24 heavy (non-hydrogen) atoms. The first-order chi connectivity index (χ1) is 11.5. The largest absolute Gasteiger partial charge is 0.325 e. The van der Waals surface area contributed by atoms with E-state index < -0.39 is 0 Å². The molecule has 0 aliphatic carbocycles. The second kappa shape index (κ2) is 5.80. The van der Waals surface area contributed by atoms with E-state index in [1.165, 1.54) is 0 Å². The Bertz CT molecular complexity index is 820. The number of benzene rings is 2. The number of hydrogen-bond acceptors (Lipinski definition) is 2. The number of fused-ring (bicyclic) bond motifs is 2. The smallest absolute Gasteiger partial charge is 0.228 e. The highest BCUT2D eigenvalue weighted by atomic mass is 35.5. The van der Waals surface area contributed by atoms with Gasteiger partial charge < -0.3 is 10.6 Å². The highest BCUT2D eigenvalue weighted by Crippen LogP contribution is 2.33. The maximum Gasteiger partial charge on any atom is 0.228 e. The summed E-state index contributed by atoms with van der Waals surface area (Å²) in [5.41, 5.74) is 5.56. The van der Waals surface area contributed by atoms with Crippen molar-refractivity contribution in [1.82, 2.24) is 0 Å². The normalized spacial score (nSPS) is 15.1.